The van der Waals surface area contributed by atoms with Crippen LogP contribution in [0.2, 0.25) is 0 Å². The van der Waals surface area contributed by atoms with Crippen molar-refractivity contribution in [2.75, 3.05) is 19.6 Å². The molecule has 1 fully saturated rings. The zero-order valence-corrected chi connectivity index (χ0v) is 12.0. The van der Waals surface area contributed by atoms with Crippen LogP contribution in [-0.2, 0) is 4.79 Å². The topological polar surface area (TPSA) is 46.3 Å². The highest BCUT2D eigenvalue weighted by atomic mass is 32.2. The number of unbranched alkanes of at least 4 members (excludes halogenated alkanes) is 3. The Bertz CT molecular complexity index is 225. The molecule has 0 aromatic heterocycles. The van der Waals surface area contributed by atoms with Crippen molar-refractivity contribution in [1.82, 2.24) is 4.90 Å². The van der Waals surface area contributed by atoms with Crippen molar-refractivity contribution >= 4 is 17.7 Å². The van der Waals surface area contributed by atoms with E-state index in [0.29, 0.717) is 22.8 Å². The fraction of sp³-hybridized carbons (Fsp3) is 0.923. The van der Waals surface area contributed by atoms with Gasteiger partial charge in [-0.2, -0.15) is 11.8 Å². The Morgan fingerprint density at radius 1 is 1.18 bits per heavy atom. The summed E-state index contributed by atoms with van der Waals surface area (Å²) in [4.78, 5) is 14.1. The monoisotopic (exact) mass is 258 g/mol. The smallest absolute Gasteiger partial charge is 0.222 e. The molecule has 2 unspecified atom stereocenters. The summed E-state index contributed by atoms with van der Waals surface area (Å²) in [5, 5.41) is 1.17. The third-order valence-corrected chi connectivity index (χ3v) is 4.34. The van der Waals surface area contributed by atoms with Crippen LogP contribution in [0.15, 0.2) is 0 Å². The van der Waals surface area contributed by atoms with Crippen LogP contribution in [0, 0.1) is 0 Å². The minimum atomic E-state index is 0.344. The van der Waals surface area contributed by atoms with E-state index in [4.69, 9.17) is 5.73 Å². The predicted octanol–water partition coefficient (Wildman–Crippen LogP) is 2.25. The Balaban J connectivity index is 2.18. The van der Waals surface area contributed by atoms with E-state index in [1.54, 1.807) is 0 Å². The van der Waals surface area contributed by atoms with E-state index < -0.39 is 0 Å². The molecule has 1 saturated heterocycles. The zero-order chi connectivity index (χ0) is 12.7. The van der Waals surface area contributed by atoms with Gasteiger partial charge in [-0.15, -0.1) is 0 Å². The van der Waals surface area contributed by atoms with E-state index in [-0.39, 0.29) is 0 Å². The highest BCUT2D eigenvalue weighted by molar-refractivity contribution is 8.00. The molecule has 100 valence electrons. The van der Waals surface area contributed by atoms with E-state index in [1.165, 1.54) is 0 Å². The molecular weight excluding hydrogens is 232 g/mol. The van der Waals surface area contributed by atoms with Gasteiger partial charge in [0.25, 0.3) is 0 Å². The third kappa shape index (κ3) is 5.77. The van der Waals surface area contributed by atoms with Crippen molar-refractivity contribution in [2.45, 2.75) is 56.5 Å². The molecule has 2 atom stereocenters. The normalized spacial score (nSPS) is 25.0. The summed E-state index contributed by atoms with van der Waals surface area (Å²) in [7, 11) is 0. The summed E-state index contributed by atoms with van der Waals surface area (Å²) in [6, 6.07) is 0. The van der Waals surface area contributed by atoms with Gasteiger partial charge in [0.1, 0.15) is 0 Å². The molecule has 1 aliphatic heterocycles. The molecule has 2 N–H and O–H groups in total. The van der Waals surface area contributed by atoms with Crippen LogP contribution < -0.4 is 5.73 Å². The van der Waals surface area contributed by atoms with Gasteiger partial charge in [-0.25, -0.2) is 0 Å². The highest BCUT2D eigenvalue weighted by Crippen LogP contribution is 2.25. The van der Waals surface area contributed by atoms with Crippen LogP contribution in [0.25, 0.3) is 0 Å². The molecular formula is C13H26N2OS. The Labute approximate surface area is 109 Å². The van der Waals surface area contributed by atoms with Gasteiger partial charge in [0, 0.05) is 30.0 Å². The second-order valence-corrected chi connectivity index (χ2v) is 6.89. The van der Waals surface area contributed by atoms with Crippen molar-refractivity contribution in [3.05, 3.63) is 0 Å². The zero-order valence-electron chi connectivity index (χ0n) is 11.2. The lowest BCUT2D eigenvalue weighted by atomic mass is 10.1. The molecule has 1 aliphatic rings. The Hall–Kier alpha value is -0.220. The standard InChI is InChI=1S/C13H26N2OS/c1-11-9-15(10-12(2)17-11)13(16)7-5-3-4-6-8-14/h11-12H,3-10,14H2,1-2H3. The Morgan fingerprint density at radius 3 is 2.35 bits per heavy atom. The SMILES string of the molecule is CC1CN(C(=O)CCCCCCN)CC(C)S1. The van der Waals surface area contributed by atoms with Gasteiger partial charge in [-0.05, 0) is 19.4 Å². The maximum atomic E-state index is 12.0. The van der Waals surface area contributed by atoms with Crippen LogP contribution in [0.4, 0.5) is 0 Å². The van der Waals surface area contributed by atoms with Crippen LogP contribution in [-0.4, -0.2) is 40.9 Å². The van der Waals surface area contributed by atoms with Crippen molar-refractivity contribution in [3.63, 3.8) is 0 Å². The van der Waals surface area contributed by atoms with Crippen molar-refractivity contribution in [3.8, 4) is 0 Å². The summed E-state index contributed by atoms with van der Waals surface area (Å²) < 4.78 is 0. The highest BCUT2D eigenvalue weighted by Gasteiger charge is 2.25. The Morgan fingerprint density at radius 2 is 1.76 bits per heavy atom. The van der Waals surface area contributed by atoms with Crippen LogP contribution in [0.3, 0.4) is 0 Å². The van der Waals surface area contributed by atoms with E-state index >= 15 is 0 Å². The van der Waals surface area contributed by atoms with Gasteiger partial charge in [-0.3, -0.25) is 4.79 Å². The molecule has 1 heterocycles. The third-order valence-electron chi connectivity index (χ3n) is 3.12. The molecule has 4 heteroatoms. The number of carbonyl (C=O) groups excluding carboxylic acids is 1. The van der Waals surface area contributed by atoms with E-state index in [9.17, 15) is 4.79 Å². The van der Waals surface area contributed by atoms with Crippen LogP contribution in [0.5, 0.6) is 0 Å². The largest absolute Gasteiger partial charge is 0.341 e. The summed E-state index contributed by atoms with van der Waals surface area (Å²) >= 11 is 1.99. The van der Waals surface area contributed by atoms with Crippen LogP contribution in [0.1, 0.15) is 46.0 Å². The quantitative estimate of drug-likeness (QED) is 0.743. The number of amides is 1. The Kier molecular flexibility index (Phi) is 6.97. The maximum Gasteiger partial charge on any atom is 0.222 e. The molecule has 0 radical (unpaired) electrons. The number of hydrogen-bond acceptors (Lipinski definition) is 3. The average molecular weight is 258 g/mol. The number of nitrogens with zero attached hydrogens (tertiary/aromatic N) is 1. The number of hydrogen-bond donors (Lipinski definition) is 1. The number of rotatable bonds is 6. The second-order valence-electron chi connectivity index (χ2n) is 5.01. The molecule has 0 bridgehead atoms. The first-order valence-electron chi connectivity index (χ1n) is 6.76. The van der Waals surface area contributed by atoms with Gasteiger partial charge in [0.15, 0.2) is 0 Å². The van der Waals surface area contributed by atoms with Crippen molar-refractivity contribution in [2.24, 2.45) is 5.73 Å². The molecule has 0 aromatic carbocycles. The number of carbonyl (C=O) groups is 1. The van der Waals surface area contributed by atoms with Gasteiger partial charge in [-0.1, -0.05) is 26.7 Å². The molecule has 3 nitrogen and oxygen atoms in total. The summed E-state index contributed by atoms with van der Waals surface area (Å²) in [5.41, 5.74) is 5.44. The van der Waals surface area contributed by atoms with Gasteiger partial charge < -0.3 is 10.6 Å². The minimum absolute atomic E-state index is 0.344. The molecule has 0 aliphatic carbocycles. The first-order chi connectivity index (χ1) is 8.13. The molecule has 17 heavy (non-hydrogen) atoms. The van der Waals surface area contributed by atoms with Gasteiger partial charge in [0.05, 0.1) is 0 Å². The lowest BCUT2D eigenvalue weighted by molar-refractivity contribution is -0.131. The fourth-order valence-electron chi connectivity index (χ4n) is 2.31. The number of thioether (sulfide) groups is 1. The first-order valence-corrected chi connectivity index (χ1v) is 7.71. The molecule has 1 rings (SSSR count). The average Bonchev–Trinajstić information content (AvgIpc) is 2.27. The minimum Gasteiger partial charge on any atom is -0.341 e. The van der Waals surface area contributed by atoms with E-state index in [2.05, 4.69) is 18.7 Å². The second kappa shape index (κ2) is 7.98. The molecule has 0 saturated carbocycles. The summed E-state index contributed by atoms with van der Waals surface area (Å²) in [5.74, 6) is 0.344. The summed E-state index contributed by atoms with van der Waals surface area (Å²) in [6.45, 7) is 7.04. The van der Waals surface area contributed by atoms with Crippen LogP contribution >= 0.6 is 11.8 Å². The fourth-order valence-corrected chi connectivity index (χ4v) is 3.64. The van der Waals surface area contributed by atoms with Gasteiger partial charge >= 0.3 is 0 Å². The lowest BCUT2D eigenvalue weighted by Gasteiger charge is -2.34. The molecule has 1 amide bonds. The summed E-state index contributed by atoms with van der Waals surface area (Å²) in [6.07, 6.45) is 5.12. The first kappa shape index (κ1) is 14.8. The maximum absolute atomic E-state index is 12.0. The van der Waals surface area contributed by atoms with E-state index in [0.717, 1.165) is 45.3 Å². The van der Waals surface area contributed by atoms with Crippen molar-refractivity contribution in [1.29, 1.82) is 0 Å². The predicted molar refractivity (Wildman–Crippen MR) is 75.2 cm³/mol. The lowest BCUT2D eigenvalue weighted by Crippen LogP contribution is -2.43. The van der Waals surface area contributed by atoms with Gasteiger partial charge in [0.2, 0.25) is 5.91 Å². The molecule has 0 aromatic rings. The van der Waals surface area contributed by atoms with Crippen molar-refractivity contribution < 1.29 is 4.79 Å². The van der Waals surface area contributed by atoms with E-state index in [1.807, 2.05) is 11.8 Å². The number of nitrogens with two attached hydrogens (primary N) is 1. The molecule has 0 spiro atoms.